The molecule has 19 heavy (non-hydrogen) atoms. The van der Waals surface area contributed by atoms with Gasteiger partial charge < -0.3 is 16.8 Å². The fourth-order valence-electron chi connectivity index (χ4n) is 1.74. The Morgan fingerprint density at radius 3 is 2.42 bits per heavy atom. The van der Waals surface area contributed by atoms with Crippen LogP contribution in [0.1, 0.15) is 24.5 Å². The largest absolute Gasteiger partial charge is 0.370 e. The Hall–Kier alpha value is -1.62. The molecule has 5 N–H and O–H groups in total. The van der Waals surface area contributed by atoms with Gasteiger partial charge in [0.05, 0.1) is 0 Å². The normalized spacial score (nSPS) is 12.1. The summed E-state index contributed by atoms with van der Waals surface area (Å²) >= 11 is 0. The van der Waals surface area contributed by atoms with Crippen LogP contribution in [0, 0.1) is 0 Å². The number of hydrogen-bond acceptors (Lipinski definition) is 2. The van der Waals surface area contributed by atoms with E-state index in [1.807, 2.05) is 0 Å². The van der Waals surface area contributed by atoms with E-state index in [9.17, 15) is 4.39 Å². The van der Waals surface area contributed by atoms with Crippen LogP contribution in [-0.2, 0) is 13.0 Å². The van der Waals surface area contributed by atoms with Crippen LogP contribution < -0.4 is 16.8 Å². The lowest BCUT2D eigenvalue weighted by Gasteiger charge is -2.14. The van der Waals surface area contributed by atoms with Gasteiger partial charge in [0.1, 0.15) is 6.67 Å². The van der Waals surface area contributed by atoms with Crippen molar-refractivity contribution in [2.45, 2.75) is 32.4 Å². The first-order chi connectivity index (χ1) is 9.15. The lowest BCUT2D eigenvalue weighted by atomic mass is 10.1. The van der Waals surface area contributed by atoms with E-state index in [-0.39, 0.29) is 12.0 Å². The number of nitrogens with zero attached hydrogens (tertiary/aromatic N) is 1. The van der Waals surface area contributed by atoms with E-state index >= 15 is 0 Å². The van der Waals surface area contributed by atoms with Crippen molar-refractivity contribution in [3.8, 4) is 0 Å². The van der Waals surface area contributed by atoms with Gasteiger partial charge in [0, 0.05) is 19.1 Å². The van der Waals surface area contributed by atoms with Crippen molar-refractivity contribution in [2.24, 2.45) is 16.5 Å². The number of benzene rings is 1. The highest BCUT2D eigenvalue weighted by molar-refractivity contribution is 5.75. The molecule has 1 rings (SSSR count). The monoisotopic (exact) mass is 266 g/mol. The Balaban J connectivity index is 2.37. The lowest BCUT2D eigenvalue weighted by molar-refractivity contribution is 0.360. The fourth-order valence-corrected chi connectivity index (χ4v) is 1.74. The Bertz CT molecular complexity index is 385. The molecule has 1 aromatic rings. The van der Waals surface area contributed by atoms with E-state index < -0.39 is 6.67 Å². The molecule has 0 fully saturated rings. The summed E-state index contributed by atoms with van der Waals surface area (Å²) in [6.45, 7) is 2.79. The van der Waals surface area contributed by atoms with Crippen LogP contribution in [0.3, 0.4) is 0 Å². The minimum Gasteiger partial charge on any atom is -0.370 e. The van der Waals surface area contributed by atoms with Crippen molar-refractivity contribution < 1.29 is 4.39 Å². The molecule has 0 aliphatic rings. The summed E-state index contributed by atoms with van der Waals surface area (Å²) in [6, 6.07) is 8.12. The van der Waals surface area contributed by atoms with Gasteiger partial charge in [0.15, 0.2) is 5.96 Å². The third kappa shape index (κ3) is 6.20. The van der Waals surface area contributed by atoms with E-state index in [4.69, 9.17) is 11.5 Å². The zero-order chi connectivity index (χ0) is 14.1. The standard InChI is InChI=1S/C14H23FN4/c1-2-11-3-5-12(6-4-11)10-19-13(9-15)7-8-18-14(16)17/h3-6,13,19H,2,7-10H2,1H3,(H4,16,17,18). The molecule has 4 nitrogen and oxygen atoms in total. The summed E-state index contributed by atoms with van der Waals surface area (Å²) in [5.41, 5.74) is 12.9. The Morgan fingerprint density at radius 1 is 1.26 bits per heavy atom. The van der Waals surface area contributed by atoms with Gasteiger partial charge in [-0.3, -0.25) is 4.99 Å². The fraction of sp³-hybridized carbons (Fsp3) is 0.500. The molecule has 0 bridgehead atoms. The quantitative estimate of drug-likeness (QED) is 0.491. The third-order valence-corrected chi connectivity index (χ3v) is 2.98. The minimum absolute atomic E-state index is 0.0489. The van der Waals surface area contributed by atoms with E-state index in [2.05, 4.69) is 41.5 Å². The Morgan fingerprint density at radius 2 is 1.89 bits per heavy atom. The number of guanidine groups is 1. The molecular formula is C14H23FN4. The predicted molar refractivity (Wildman–Crippen MR) is 77.7 cm³/mol. The maximum absolute atomic E-state index is 12.8. The summed E-state index contributed by atoms with van der Waals surface area (Å²) in [5, 5.41) is 3.17. The highest BCUT2D eigenvalue weighted by Crippen LogP contribution is 2.05. The average Bonchev–Trinajstić information content (AvgIpc) is 2.42. The van der Waals surface area contributed by atoms with Crippen molar-refractivity contribution in [3.05, 3.63) is 35.4 Å². The van der Waals surface area contributed by atoms with Crippen LogP contribution in [0.5, 0.6) is 0 Å². The first kappa shape index (κ1) is 15.4. The van der Waals surface area contributed by atoms with Gasteiger partial charge in [-0.25, -0.2) is 4.39 Å². The molecule has 106 valence electrons. The van der Waals surface area contributed by atoms with Gasteiger partial charge in [-0.05, 0) is 24.0 Å². The molecule has 0 spiro atoms. The van der Waals surface area contributed by atoms with Gasteiger partial charge in [-0.1, -0.05) is 31.2 Å². The lowest BCUT2D eigenvalue weighted by Crippen LogP contribution is -2.32. The SMILES string of the molecule is CCc1ccc(CNC(CF)CCN=C(N)N)cc1. The van der Waals surface area contributed by atoms with Gasteiger partial charge in [0.2, 0.25) is 0 Å². The van der Waals surface area contributed by atoms with Crippen LogP contribution in [-0.4, -0.2) is 25.2 Å². The molecule has 1 aromatic carbocycles. The molecular weight excluding hydrogens is 243 g/mol. The molecule has 5 heteroatoms. The molecule has 0 aromatic heterocycles. The zero-order valence-corrected chi connectivity index (χ0v) is 11.4. The molecule has 0 aliphatic heterocycles. The highest BCUT2D eigenvalue weighted by Gasteiger charge is 2.07. The molecule has 0 saturated carbocycles. The summed E-state index contributed by atoms with van der Waals surface area (Å²) < 4.78 is 12.8. The Labute approximate surface area is 114 Å². The van der Waals surface area contributed by atoms with Crippen LogP contribution in [0.2, 0.25) is 0 Å². The maximum Gasteiger partial charge on any atom is 0.185 e. The minimum atomic E-state index is -0.424. The average molecular weight is 266 g/mol. The van der Waals surface area contributed by atoms with Crippen molar-refractivity contribution in [1.82, 2.24) is 5.32 Å². The predicted octanol–water partition coefficient (Wildman–Crippen LogP) is 1.34. The molecule has 0 aliphatic carbocycles. The molecule has 0 amide bonds. The van der Waals surface area contributed by atoms with Crippen molar-refractivity contribution in [2.75, 3.05) is 13.2 Å². The number of aryl methyl sites for hydroxylation is 1. The topological polar surface area (TPSA) is 76.4 Å². The van der Waals surface area contributed by atoms with Crippen LogP contribution in [0.4, 0.5) is 4.39 Å². The zero-order valence-electron chi connectivity index (χ0n) is 11.4. The summed E-state index contributed by atoms with van der Waals surface area (Å²) in [7, 11) is 0. The second-order valence-corrected chi connectivity index (χ2v) is 4.50. The number of rotatable bonds is 8. The maximum atomic E-state index is 12.8. The van der Waals surface area contributed by atoms with Gasteiger partial charge in [-0.2, -0.15) is 0 Å². The third-order valence-electron chi connectivity index (χ3n) is 2.98. The molecule has 1 unspecified atom stereocenters. The first-order valence-electron chi connectivity index (χ1n) is 6.58. The van der Waals surface area contributed by atoms with Gasteiger partial charge >= 0.3 is 0 Å². The number of hydrogen-bond donors (Lipinski definition) is 3. The van der Waals surface area contributed by atoms with E-state index in [0.29, 0.717) is 19.5 Å². The molecule has 1 atom stereocenters. The van der Waals surface area contributed by atoms with Crippen LogP contribution in [0.25, 0.3) is 0 Å². The summed E-state index contributed by atoms with van der Waals surface area (Å²) in [5.74, 6) is 0.0489. The van der Waals surface area contributed by atoms with Crippen molar-refractivity contribution in [3.63, 3.8) is 0 Å². The van der Waals surface area contributed by atoms with Crippen LogP contribution >= 0.6 is 0 Å². The second-order valence-electron chi connectivity index (χ2n) is 4.50. The van der Waals surface area contributed by atoms with Crippen molar-refractivity contribution >= 4 is 5.96 Å². The number of halogens is 1. The summed E-state index contributed by atoms with van der Waals surface area (Å²) in [4.78, 5) is 3.86. The van der Waals surface area contributed by atoms with Gasteiger partial charge in [0.25, 0.3) is 0 Å². The van der Waals surface area contributed by atoms with E-state index in [1.54, 1.807) is 0 Å². The molecule has 0 heterocycles. The first-order valence-corrected chi connectivity index (χ1v) is 6.58. The highest BCUT2D eigenvalue weighted by atomic mass is 19.1. The second kappa shape index (κ2) is 8.48. The van der Waals surface area contributed by atoms with Gasteiger partial charge in [-0.15, -0.1) is 0 Å². The number of nitrogens with two attached hydrogens (primary N) is 2. The molecule has 0 saturated heterocycles. The van der Waals surface area contributed by atoms with E-state index in [0.717, 1.165) is 12.0 Å². The number of nitrogens with one attached hydrogen (secondary N) is 1. The van der Waals surface area contributed by atoms with Crippen LogP contribution in [0.15, 0.2) is 29.3 Å². The number of alkyl halides is 1. The van der Waals surface area contributed by atoms with Crippen molar-refractivity contribution in [1.29, 1.82) is 0 Å². The summed E-state index contributed by atoms with van der Waals surface area (Å²) in [6.07, 6.45) is 1.61. The smallest absolute Gasteiger partial charge is 0.185 e. The Kier molecular flexibility index (Phi) is 6.89. The molecule has 0 radical (unpaired) electrons. The van der Waals surface area contributed by atoms with E-state index in [1.165, 1.54) is 5.56 Å². The number of aliphatic imine (C=N–C) groups is 1.